The summed E-state index contributed by atoms with van der Waals surface area (Å²) in [5.74, 6) is -0.730. The van der Waals surface area contributed by atoms with E-state index in [0.29, 0.717) is 11.3 Å². The Balaban J connectivity index is 2.73. The third-order valence-corrected chi connectivity index (χ3v) is 2.96. The maximum absolute atomic E-state index is 11.9. The second-order valence-corrected chi connectivity index (χ2v) is 4.79. The number of benzene rings is 1. The Labute approximate surface area is 107 Å². The van der Waals surface area contributed by atoms with Gasteiger partial charge in [-0.1, -0.05) is 32.9 Å². The lowest BCUT2D eigenvalue weighted by molar-refractivity contribution is -0.136. The molecular formula is C14H19NO3. The van der Waals surface area contributed by atoms with Crippen LogP contribution in [0.2, 0.25) is 0 Å². The number of nitrogens with one attached hydrogen (secondary N) is 1. The van der Waals surface area contributed by atoms with Crippen LogP contribution < -0.4 is 5.32 Å². The molecule has 0 aromatic heterocycles. The predicted octanol–water partition coefficient (Wildman–Crippen LogP) is 2.54. The number of amides is 1. The highest BCUT2D eigenvalue weighted by molar-refractivity contribution is 5.92. The Hall–Kier alpha value is -1.84. The van der Waals surface area contributed by atoms with Crippen molar-refractivity contribution < 1.29 is 14.7 Å². The third-order valence-electron chi connectivity index (χ3n) is 2.96. The number of carbonyl (C=O) groups is 2. The maximum Gasteiger partial charge on any atom is 0.307 e. The van der Waals surface area contributed by atoms with Crippen LogP contribution in [0.4, 0.5) is 5.69 Å². The zero-order valence-corrected chi connectivity index (χ0v) is 10.9. The highest BCUT2D eigenvalue weighted by Crippen LogP contribution is 2.15. The molecule has 4 nitrogen and oxygen atoms in total. The molecule has 0 saturated carbocycles. The molecule has 0 saturated heterocycles. The van der Waals surface area contributed by atoms with E-state index in [-0.39, 0.29) is 24.2 Å². The molecule has 0 radical (unpaired) electrons. The van der Waals surface area contributed by atoms with Gasteiger partial charge in [-0.3, -0.25) is 9.59 Å². The second kappa shape index (κ2) is 6.19. The monoisotopic (exact) mass is 249 g/mol. The molecular weight excluding hydrogens is 230 g/mol. The van der Waals surface area contributed by atoms with E-state index in [1.165, 1.54) is 0 Å². The van der Waals surface area contributed by atoms with Gasteiger partial charge in [-0.2, -0.15) is 0 Å². The highest BCUT2D eigenvalue weighted by Gasteiger charge is 2.16. The number of carboxylic acid groups (broad SMARTS) is 1. The van der Waals surface area contributed by atoms with Gasteiger partial charge in [-0.25, -0.2) is 0 Å². The molecule has 1 unspecified atom stereocenters. The molecule has 1 atom stereocenters. The number of carbonyl (C=O) groups excluding carboxylic acids is 1. The van der Waals surface area contributed by atoms with Gasteiger partial charge in [0.05, 0.1) is 6.42 Å². The molecule has 0 fully saturated rings. The first-order valence-electron chi connectivity index (χ1n) is 6.01. The highest BCUT2D eigenvalue weighted by atomic mass is 16.4. The Morgan fingerprint density at radius 3 is 2.50 bits per heavy atom. The van der Waals surface area contributed by atoms with E-state index in [1.54, 1.807) is 24.3 Å². The summed E-state index contributed by atoms with van der Waals surface area (Å²) < 4.78 is 0. The number of rotatable bonds is 5. The van der Waals surface area contributed by atoms with Crippen molar-refractivity contribution in [2.45, 2.75) is 27.2 Å². The summed E-state index contributed by atoms with van der Waals surface area (Å²) >= 11 is 0. The molecule has 0 aliphatic carbocycles. The largest absolute Gasteiger partial charge is 0.481 e. The fourth-order valence-electron chi connectivity index (χ4n) is 1.49. The van der Waals surface area contributed by atoms with Gasteiger partial charge in [0.15, 0.2) is 0 Å². The van der Waals surface area contributed by atoms with E-state index < -0.39 is 5.97 Å². The van der Waals surface area contributed by atoms with Crippen LogP contribution in [0.5, 0.6) is 0 Å². The van der Waals surface area contributed by atoms with Gasteiger partial charge in [0, 0.05) is 11.6 Å². The molecule has 98 valence electrons. The molecule has 0 aliphatic heterocycles. The van der Waals surface area contributed by atoms with Crippen LogP contribution in [0.25, 0.3) is 0 Å². The van der Waals surface area contributed by atoms with Crippen LogP contribution in [0.1, 0.15) is 26.3 Å². The normalized spacial score (nSPS) is 12.2. The van der Waals surface area contributed by atoms with Crippen LogP contribution in [-0.4, -0.2) is 17.0 Å². The molecule has 0 spiro atoms. The number of hydrogen-bond acceptors (Lipinski definition) is 2. The Morgan fingerprint density at radius 1 is 1.28 bits per heavy atom. The first-order valence-corrected chi connectivity index (χ1v) is 6.01. The van der Waals surface area contributed by atoms with Crippen molar-refractivity contribution in [3.63, 3.8) is 0 Å². The van der Waals surface area contributed by atoms with Gasteiger partial charge in [-0.05, 0) is 23.6 Å². The molecule has 1 aromatic rings. The van der Waals surface area contributed by atoms with Crippen molar-refractivity contribution in [3.8, 4) is 0 Å². The molecule has 2 N–H and O–H groups in total. The van der Waals surface area contributed by atoms with Gasteiger partial charge in [0.25, 0.3) is 0 Å². The first kappa shape index (κ1) is 14.2. The van der Waals surface area contributed by atoms with Gasteiger partial charge in [0.1, 0.15) is 0 Å². The van der Waals surface area contributed by atoms with Crippen LogP contribution in [0, 0.1) is 11.8 Å². The molecule has 18 heavy (non-hydrogen) atoms. The zero-order valence-electron chi connectivity index (χ0n) is 10.9. The lowest BCUT2D eigenvalue weighted by Gasteiger charge is -2.15. The summed E-state index contributed by atoms with van der Waals surface area (Å²) in [4.78, 5) is 22.5. The Kier molecular flexibility index (Phi) is 4.89. The van der Waals surface area contributed by atoms with Crippen LogP contribution in [-0.2, 0) is 16.0 Å². The number of hydrogen-bond donors (Lipinski definition) is 2. The van der Waals surface area contributed by atoms with Gasteiger partial charge in [0.2, 0.25) is 5.91 Å². The van der Waals surface area contributed by atoms with E-state index in [4.69, 9.17) is 5.11 Å². The summed E-state index contributed by atoms with van der Waals surface area (Å²) in [6, 6.07) is 6.93. The van der Waals surface area contributed by atoms with Crippen molar-refractivity contribution in [1.82, 2.24) is 0 Å². The number of carboxylic acids is 1. The fourth-order valence-corrected chi connectivity index (χ4v) is 1.49. The van der Waals surface area contributed by atoms with Crippen LogP contribution in [0.15, 0.2) is 24.3 Å². The van der Waals surface area contributed by atoms with E-state index in [2.05, 4.69) is 5.32 Å². The Bertz CT molecular complexity index is 440. The number of anilines is 1. The summed E-state index contributed by atoms with van der Waals surface area (Å²) in [7, 11) is 0. The quantitative estimate of drug-likeness (QED) is 0.842. The SMILES string of the molecule is CC(C)C(C)C(=O)Nc1cccc(CC(=O)O)c1. The van der Waals surface area contributed by atoms with E-state index in [1.807, 2.05) is 20.8 Å². The lowest BCUT2D eigenvalue weighted by atomic mass is 9.97. The van der Waals surface area contributed by atoms with Crippen LogP contribution in [0.3, 0.4) is 0 Å². The van der Waals surface area contributed by atoms with Gasteiger partial charge < -0.3 is 10.4 Å². The smallest absolute Gasteiger partial charge is 0.307 e. The van der Waals surface area contributed by atoms with Crippen molar-refractivity contribution >= 4 is 17.6 Å². The van der Waals surface area contributed by atoms with Gasteiger partial charge >= 0.3 is 5.97 Å². The summed E-state index contributed by atoms with van der Waals surface area (Å²) in [5.41, 5.74) is 1.32. The van der Waals surface area contributed by atoms with E-state index in [9.17, 15) is 9.59 Å². The minimum atomic E-state index is -0.881. The Morgan fingerprint density at radius 2 is 1.94 bits per heavy atom. The maximum atomic E-state index is 11.9. The fraction of sp³-hybridized carbons (Fsp3) is 0.429. The van der Waals surface area contributed by atoms with E-state index >= 15 is 0 Å². The van der Waals surface area contributed by atoms with Crippen molar-refractivity contribution in [3.05, 3.63) is 29.8 Å². The lowest BCUT2D eigenvalue weighted by Crippen LogP contribution is -2.24. The summed E-state index contributed by atoms with van der Waals surface area (Å²) in [6.07, 6.45) is -0.0382. The number of aliphatic carboxylic acids is 1. The third kappa shape index (κ3) is 4.20. The van der Waals surface area contributed by atoms with Gasteiger partial charge in [-0.15, -0.1) is 0 Å². The molecule has 0 bridgehead atoms. The summed E-state index contributed by atoms with van der Waals surface area (Å²) in [5, 5.41) is 11.5. The minimum Gasteiger partial charge on any atom is -0.481 e. The van der Waals surface area contributed by atoms with Crippen molar-refractivity contribution in [2.75, 3.05) is 5.32 Å². The molecule has 1 amide bonds. The van der Waals surface area contributed by atoms with Crippen molar-refractivity contribution in [2.24, 2.45) is 11.8 Å². The molecule has 0 heterocycles. The molecule has 1 rings (SSSR count). The zero-order chi connectivity index (χ0) is 13.7. The topological polar surface area (TPSA) is 66.4 Å². The molecule has 1 aromatic carbocycles. The molecule has 4 heteroatoms. The second-order valence-electron chi connectivity index (χ2n) is 4.79. The first-order chi connectivity index (χ1) is 8.40. The van der Waals surface area contributed by atoms with E-state index in [0.717, 1.165) is 0 Å². The van der Waals surface area contributed by atoms with Crippen LogP contribution >= 0.6 is 0 Å². The average molecular weight is 249 g/mol. The van der Waals surface area contributed by atoms with Crippen molar-refractivity contribution in [1.29, 1.82) is 0 Å². The average Bonchev–Trinajstić information content (AvgIpc) is 2.27. The minimum absolute atomic E-state index is 0.0382. The predicted molar refractivity (Wildman–Crippen MR) is 70.4 cm³/mol. The molecule has 0 aliphatic rings. The summed E-state index contributed by atoms with van der Waals surface area (Å²) in [6.45, 7) is 5.86. The standard InChI is InChI=1S/C14H19NO3/c1-9(2)10(3)14(18)15-12-6-4-5-11(7-12)8-13(16)17/h4-7,9-10H,8H2,1-3H3,(H,15,18)(H,16,17).